The van der Waals surface area contributed by atoms with Crippen molar-refractivity contribution in [2.75, 3.05) is 0 Å². The van der Waals surface area contributed by atoms with E-state index in [1.54, 1.807) is 12.4 Å². The molecule has 0 spiro atoms. The van der Waals surface area contributed by atoms with E-state index in [1.165, 1.54) is 4.68 Å². The average molecular weight is 166 g/mol. The molecule has 0 unspecified atom stereocenters. The third-order valence-corrected chi connectivity index (χ3v) is 1.05. The quantitative estimate of drug-likeness (QED) is 0.361. The van der Waals surface area contributed by atoms with Gasteiger partial charge in [-0.1, -0.05) is 0 Å². The van der Waals surface area contributed by atoms with Crippen LogP contribution in [0.1, 0.15) is 0 Å². The van der Waals surface area contributed by atoms with E-state index in [4.69, 9.17) is 17.2 Å². The number of nitrogens with zero attached hydrogens (tertiary/aromatic N) is 3. The van der Waals surface area contributed by atoms with E-state index in [9.17, 15) is 0 Å². The molecule has 0 bridgehead atoms. The Morgan fingerprint density at radius 2 is 1.67 bits per heavy atom. The van der Waals surface area contributed by atoms with Gasteiger partial charge in [0.1, 0.15) is 0 Å². The van der Waals surface area contributed by atoms with E-state index in [0.717, 1.165) is 0 Å². The summed E-state index contributed by atoms with van der Waals surface area (Å²) in [5, 5.41) is 3.82. The van der Waals surface area contributed by atoms with E-state index < -0.39 is 0 Å². The molecular formula is C6H10N6. The third-order valence-electron chi connectivity index (χ3n) is 1.05. The lowest BCUT2D eigenvalue weighted by Gasteiger charge is -1.94. The van der Waals surface area contributed by atoms with E-state index in [-0.39, 0.29) is 11.9 Å². The lowest BCUT2D eigenvalue weighted by Crippen LogP contribution is -2.26. The zero-order valence-corrected chi connectivity index (χ0v) is 6.38. The number of rotatable bonds is 1. The van der Waals surface area contributed by atoms with E-state index in [0.29, 0.717) is 0 Å². The Bertz CT molecular complexity index is 292. The molecule has 0 aromatic carbocycles. The number of hydrogen-bond acceptors (Lipinski definition) is 1. The minimum Gasteiger partial charge on any atom is -0.370 e. The van der Waals surface area contributed by atoms with Gasteiger partial charge in [-0.05, 0) is 12.1 Å². The van der Waals surface area contributed by atoms with Crippen molar-refractivity contribution in [3.8, 4) is 0 Å². The van der Waals surface area contributed by atoms with Gasteiger partial charge in [-0.15, -0.1) is 5.10 Å². The molecule has 6 heteroatoms. The number of hydrogen-bond donors (Lipinski definition) is 3. The molecule has 0 radical (unpaired) electrons. The van der Waals surface area contributed by atoms with Crippen molar-refractivity contribution in [1.29, 1.82) is 0 Å². The molecule has 0 saturated carbocycles. The first-order valence-corrected chi connectivity index (χ1v) is 3.25. The molecule has 0 atom stereocenters. The van der Waals surface area contributed by atoms with Crippen LogP contribution in [0, 0.1) is 0 Å². The number of aliphatic imine (C=N–C) groups is 1. The van der Waals surface area contributed by atoms with Crippen molar-refractivity contribution in [1.82, 2.24) is 4.68 Å². The maximum Gasteiger partial charge on any atom is 0.241 e. The summed E-state index contributed by atoms with van der Waals surface area (Å²) in [6, 6.07) is 3.62. The summed E-state index contributed by atoms with van der Waals surface area (Å²) >= 11 is 0. The topological polar surface area (TPSA) is 108 Å². The maximum absolute atomic E-state index is 5.35. The van der Waals surface area contributed by atoms with Crippen LogP contribution in [0.4, 0.5) is 0 Å². The molecule has 0 aliphatic rings. The molecule has 6 N–H and O–H groups in total. The SMILES string of the molecule is NC(N)=NC(N)=Nn1cccc1. The Hall–Kier alpha value is -1.98. The number of aromatic nitrogens is 1. The molecule has 6 nitrogen and oxygen atoms in total. The Kier molecular flexibility index (Phi) is 2.32. The Morgan fingerprint density at radius 3 is 2.17 bits per heavy atom. The summed E-state index contributed by atoms with van der Waals surface area (Å²) in [4.78, 5) is 3.53. The van der Waals surface area contributed by atoms with Crippen LogP contribution in [0.15, 0.2) is 34.6 Å². The fraction of sp³-hybridized carbons (Fsp3) is 0. The highest BCUT2D eigenvalue weighted by Gasteiger charge is 1.88. The number of guanidine groups is 2. The highest BCUT2D eigenvalue weighted by Crippen LogP contribution is 1.88. The predicted molar refractivity (Wildman–Crippen MR) is 47.3 cm³/mol. The molecule has 0 amide bonds. The summed E-state index contributed by atoms with van der Waals surface area (Å²) in [5.41, 5.74) is 15.5. The van der Waals surface area contributed by atoms with Gasteiger partial charge in [-0.3, -0.25) is 0 Å². The van der Waals surface area contributed by atoms with E-state index in [2.05, 4.69) is 10.1 Å². The highest BCUT2D eigenvalue weighted by molar-refractivity contribution is 5.92. The molecular weight excluding hydrogens is 156 g/mol. The van der Waals surface area contributed by atoms with E-state index in [1.807, 2.05) is 12.1 Å². The lowest BCUT2D eigenvalue weighted by molar-refractivity contribution is 0.880. The molecule has 1 aromatic heterocycles. The molecule has 0 aliphatic heterocycles. The van der Waals surface area contributed by atoms with Gasteiger partial charge in [0.05, 0.1) is 0 Å². The van der Waals surface area contributed by atoms with Crippen LogP contribution in [0.25, 0.3) is 0 Å². The molecule has 1 heterocycles. The van der Waals surface area contributed by atoms with Crippen LogP contribution in [-0.4, -0.2) is 16.6 Å². The summed E-state index contributed by atoms with van der Waals surface area (Å²) in [6.45, 7) is 0. The first-order valence-electron chi connectivity index (χ1n) is 3.25. The van der Waals surface area contributed by atoms with Gasteiger partial charge in [0.25, 0.3) is 0 Å². The highest BCUT2D eigenvalue weighted by atomic mass is 15.4. The molecule has 0 aliphatic carbocycles. The first kappa shape index (κ1) is 8.12. The summed E-state index contributed by atoms with van der Waals surface area (Å²) < 4.78 is 1.50. The van der Waals surface area contributed by atoms with Crippen LogP contribution >= 0.6 is 0 Å². The minimum absolute atomic E-state index is 0.0196. The largest absolute Gasteiger partial charge is 0.370 e. The Labute approximate surface area is 69.4 Å². The maximum atomic E-state index is 5.35. The van der Waals surface area contributed by atoms with Gasteiger partial charge in [-0.25, -0.2) is 4.68 Å². The second-order valence-electron chi connectivity index (χ2n) is 2.06. The molecule has 1 aromatic rings. The van der Waals surface area contributed by atoms with Crippen molar-refractivity contribution in [2.45, 2.75) is 0 Å². The smallest absolute Gasteiger partial charge is 0.241 e. The Balaban J connectivity index is 2.77. The van der Waals surface area contributed by atoms with E-state index >= 15 is 0 Å². The van der Waals surface area contributed by atoms with Crippen molar-refractivity contribution in [3.05, 3.63) is 24.5 Å². The van der Waals surface area contributed by atoms with Gasteiger partial charge in [0, 0.05) is 12.4 Å². The van der Waals surface area contributed by atoms with Crippen LogP contribution in [0.3, 0.4) is 0 Å². The summed E-state index contributed by atoms with van der Waals surface area (Å²) in [5.74, 6) is -0.0883. The Morgan fingerprint density at radius 1 is 1.08 bits per heavy atom. The van der Waals surface area contributed by atoms with Crippen molar-refractivity contribution in [2.24, 2.45) is 27.3 Å². The zero-order valence-electron chi connectivity index (χ0n) is 6.38. The van der Waals surface area contributed by atoms with Gasteiger partial charge in [0.2, 0.25) is 5.96 Å². The van der Waals surface area contributed by atoms with Crippen LogP contribution in [-0.2, 0) is 0 Å². The monoisotopic (exact) mass is 166 g/mol. The predicted octanol–water partition coefficient (Wildman–Crippen LogP) is -1.16. The molecule has 12 heavy (non-hydrogen) atoms. The summed E-state index contributed by atoms with van der Waals surface area (Å²) in [6.07, 6.45) is 3.43. The fourth-order valence-electron chi connectivity index (χ4n) is 0.665. The second kappa shape index (κ2) is 3.42. The van der Waals surface area contributed by atoms with Crippen LogP contribution < -0.4 is 17.2 Å². The zero-order chi connectivity index (χ0) is 8.97. The third kappa shape index (κ3) is 2.33. The van der Waals surface area contributed by atoms with Crippen molar-refractivity contribution >= 4 is 11.9 Å². The number of nitrogens with two attached hydrogens (primary N) is 3. The van der Waals surface area contributed by atoms with Gasteiger partial charge in [-0.2, -0.15) is 4.99 Å². The average Bonchev–Trinajstić information content (AvgIpc) is 2.37. The first-order chi connectivity index (χ1) is 5.68. The summed E-state index contributed by atoms with van der Waals surface area (Å²) in [7, 11) is 0. The minimum atomic E-state index is -0.108. The fourth-order valence-corrected chi connectivity index (χ4v) is 0.665. The molecule has 64 valence electrons. The lowest BCUT2D eigenvalue weighted by atomic mass is 10.7. The van der Waals surface area contributed by atoms with Crippen LogP contribution in [0.5, 0.6) is 0 Å². The van der Waals surface area contributed by atoms with Crippen molar-refractivity contribution in [3.63, 3.8) is 0 Å². The van der Waals surface area contributed by atoms with Gasteiger partial charge < -0.3 is 17.2 Å². The standard InChI is InChI=1S/C6H10N6/c7-5(8)10-6(9)11-12-3-1-2-4-12/h1-4H,(H6,7,8,9,10,11). The van der Waals surface area contributed by atoms with Gasteiger partial charge in [0.15, 0.2) is 5.96 Å². The molecule has 0 fully saturated rings. The van der Waals surface area contributed by atoms with Crippen molar-refractivity contribution < 1.29 is 0 Å². The molecule has 1 rings (SSSR count). The second-order valence-corrected chi connectivity index (χ2v) is 2.06. The molecule has 0 saturated heterocycles. The van der Waals surface area contributed by atoms with Gasteiger partial charge >= 0.3 is 0 Å². The normalized spacial score (nSPS) is 11.2. The van der Waals surface area contributed by atoms with Crippen LogP contribution in [0.2, 0.25) is 0 Å².